The fourth-order valence-electron chi connectivity index (χ4n) is 3.11. The van der Waals surface area contributed by atoms with Crippen molar-refractivity contribution in [2.75, 3.05) is 5.73 Å². The molecule has 0 saturated heterocycles. The van der Waals surface area contributed by atoms with Crippen molar-refractivity contribution in [2.45, 2.75) is 19.8 Å². The molecule has 24 heavy (non-hydrogen) atoms. The number of hydrogen-bond donors (Lipinski definition) is 1. The van der Waals surface area contributed by atoms with Crippen LogP contribution in [-0.4, -0.2) is 0 Å². The highest BCUT2D eigenvalue weighted by atomic mass is 19.1. The summed E-state index contributed by atoms with van der Waals surface area (Å²) in [4.78, 5) is 0. The van der Waals surface area contributed by atoms with Gasteiger partial charge in [-0.3, -0.25) is 0 Å². The van der Waals surface area contributed by atoms with Crippen LogP contribution in [0, 0.1) is 25.5 Å². The van der Waals surface area contributed by atoms with Gasteiger partial charge in [-0.1, -0.05) is 42.0 Å². The Hall–Kier alpha value is -2.68. The second-order valence-electron chi connectivity index (χ2n) is 6.12. The van der Waals surface area contributed by atoms with Crippen molar-refractivity contribution in [3.63, 3.8) is 0 Å². The summed E-state index contributed by atoms with van der Waals surface area (Å²) in [6.45, 7) is 3.99. The Morgan fingerprint density at radius 1 is 0.750 bits per heavy atom. The van der Waals surface area contributed by atoms with E-state index in [1.165, 1.54) is 24.3 Å². The highest BCUT2D eigenvalue weighted by Crippen LogP contribution is 2.37. The zero-order valence-electron chi connectivity index (χ0n) is 13.7. The number of anilines is 1. The summed E-state index contributed by atoms with van der Waals surface area (Å²) in [7, 11) is 0. The van der Waals surface area contributed by atoms with Gasteiger partial charge in [0.1, 0.15) is 11.6 Å². The van der Waals surface area contributed by atoms with E-state index < -0.39 is 0 Å². The third-order valence-corrected chi connectivity index (χ3v) is 4.28. The van der Waals surface area contributed by atoms with Gasteiger partial charge in [-0.2, -0.15) is 0 Å². The largest absolute Gasteiger partial charge is 0.398 e. The molecule has 0 amide bonds. The monoisotopic (exact) mass is 323 g/mol. The molecule has 1 nitrogen and oxygen atoms in total. The third-order valence-electron chi connectivity index (χ3n) is 4.28. The second kappa shape index (κ2) is 6.44. The summed E-state index contributed by atoms with van der Waals surface area (Å²) in [5, 5.41) is 0. The molecule has 0 bridgehead atoms. The van der Waals surface area contributed by atoms with Gasteiger partial charge < -0.3 is 5.73 Å². The van der Waals surface area contributed by atoms with Gasteiger partial charge in [0.25, 0.3) is 0 Å². The Kier molecular flexibility index (Phi) is 4.34. The average Bonchev–Trinajstić information content (AvgIpc) is 2.55. The van der Waals surface area contributed by atoms with Crippen LogP contribution in [0.5, 0.6) is 0 Å². The minimum absolute atomic E-state index is 0.176. The molecule has 0 aliphatic carbocycles. The molecular formula is C21H19F2N. The van der Waals surface area contributed by atoms with Crippen molar-refractivity contribution in [2.24, 2.45) is 0 Å². The first kappa shape index (κ1) is 16.2. The van der Waals surface area contributed by atoms with Crippen LogP contribution in [0.4, 0.5) is 14.5 Å². The maximum atomic E-state index is 13.3. The normalized spacial score (nSPS) is 11.0. The molecule has 0 heterocycles. The molecule has 122 valence electrons. The van der Waals surface area contributed by atoms with Crippen molar-refractivity contribution in [3.8, 4) is 0 Å². The summed E-state index contributed by atoms with van der Waals surface area (Å²) in [6.07, 6.45) is 0. The number of nitrogens with two attached hydrogens (primary N) is 1. The van der Waals surface area contributed by atoms with E-state index in [-0.39, 0.29) is 17.6 Å². The molecule has 3 rings (SSSR count). The number of hydrogen-bond acceptors (Lipinski definition) is 1. The van der Waals surface area contributed by atoms with Crippen LogP contribution in [0.15, 0.2) is 60.7 Å². The summed E-state index contributed by atoms with van der Waals surface area (Å²) in [5.74, 6) is -0.750. The quantitative estimate of drug-likeness (QED) is 0.511. The maximum Gasteiger partial charge on any atom is 0.123 e. The zero-order chi connectivity index (χ0) is 17.3. The van der Waals surface area contributed by atoms with E-state index in [4.69, 9.17) is 5.73 Å². The van der Waals surface area contributed by atoms with Crippen LogP contribution < -0.4 is 5.73 Å². The van der Waals surface area contributed by atoms with E-state index in [1.54, 1.807) is 24.3 Å². The lowest BCUT2D eigenvalue weighted by Crippen LogP contribution is -2.08. The molecule has 3 heteroatoms. The molecule has 0 unspecified atom stereocenters. The number of halogens is 2. The average molecular weight is 323 g/mol. The SMILES string of the molecule is Cc1cc(C)c(N)c(C(c2ccc(F)cc2)c2ccc(F)cc2)c1. The fraction of sp³-hybridized carbons (Fsp3) is 0.143. The van der Waals surface area contributed by atoms with Gasteiger partial charge in [-0.25, -0.2) is 8.78 Å². The molecule has 0 aromatic heterocycles. The summed E-state index contributed by atoms with van der Waals surface area (Å²) in [6, 6.07) is 16.8. The Morgan fingerprint density at radius 3 is 1.67 bits per heavy atom. The zero-order valence-corrected chi connectivity index (χ0v) is 13.7. The van der Waals surface area contributed by atoms with Gasteiger partial charge in [0.05, 0.1) is 0 Å². The highest BCUT2D eigenvalue weighted by Gasteiger charge is 2.20. The van der Waals surface area contributed by atoms with Gasteiger partial charge in [-0.05, 0) is 60.4 Å². The molecule has 3 aromatic carbocycles. The topological polar surface area (TPSA) is 26.0 Å². The van der Waals surface area contributed by atoms with Crippen LogP contribution in [-0.2, 0) is 0 Å². The van der Waals surface area contributed by atoms with Crippen LogP contribution in [0.3, 0.4) is 0 Å². The molecule has 0 saturated carbocycles. The fourth-order valence-corrected chi connectivity index (χ4v) is 3.11. The summed E-state index contributed by atoms with van der Waals surface area (Å²) >= 11 is 0. The van der Waals surface area contributed by atoms with E-state index in [2.05, 4.69) is 0 Å². The van der Waals surface area contributed by atoms with E-state index in [9.17, 15) is 8.78 Å². The van der Waals surface area contributed by atoms with Crippen molar-refractivity contribution < 1.29 is 8.78 Å². The smallest absolute Gasteiger partial charge is 0.123 e. The first-order valence-electron chi connectivity index (χ1n) is 7.83. The summed E-state index contributed by atoms with van der Waals surface area (Å²) in [5.41, 5.74) is 11.9. The van der Waals surface area contributed by atoms with Gasteiger partial charge in [-0.15, -0.1) is 0 Å². The van der Waals surface area contributed by atoms with Gasteiger partial charge in [0.15, 0.2) is 0 Å². The first-order valence-corrected chi connectivity index (χ1v) is 7.83. The molecule has 0 fully saturated rings. The predicted octanol–water partition coefficient (Wildman–Crippen LogP) is 5.34. The van der Waals surface area contributed by atoms with E-state index >= 15 is 0 Å². The lowest BCUT2D eigenvalue weighted by atomic mass is 9.83. The van der Waals surface area contributed by atoms with Gasteiger partial charge in [0.2, 0.25) is 0 Å². The molecule has 3 aromatic rings. The van der Waals surface area contributed by atoms with Crippen LogP contribution in [0.25, 0.3) is 0 Å². The molecular weight excluding hydrogens is 304 g/mol. The standard InChI is InChI=1S/C21H19F2N/c1-13-11-14(2)21(24)19(12-13)20(15-3-7-17(22)8-4-15)16-5-9-18(23)10-6-16/h3-12,20H,24H2,1-2H3. The van der Waals surface area contributed by atoms with Crippen molar-refractivity contribution in [1.82, 2.24) is 0 Å². The number of rotatable bonds is 3. The molecule has 0 radical (unpaired) electrons. The first-order chi connectivity index (χ1) is 11.5. The lowest BCUT2D eigenvalue weighted by Gasteiger charge is -2.22. The molecule has 0 spiro atoms. The molecule has 0 aliphatic heterocycles. The minimum atomic E-state index is -0.287. The molecule has 0 aliphatic rings. The Morgan fingerprint density at radius 2 is 1.21 bits per heavy atom. The lowest BCUT2D eigenvalue weighted by molar-refractivity contribution is 0.626. The minimum Gasteiger partial charge on any atom is -0.398 e. The van der Waals surface area contributed by atoms with Gasteiger partial charge >= 0.3 is 0 Å². The van der Waals surface area contributed by atoms with Crippen molar-refractivity contribution in [1.29, 1.82) is 0 Å². The van der Waals surface area contributed by atoms with Crippen LogP contribution in [0.2, 0.25) is 0 Å². The van der Waals surface area contributed by atoms with Crippen LogP contribution >= 0.6 is 0 Å². The van der Waals surface area contributed by atoms with E-state index in [0.29, 0.717) is 5.69 Å². The van der Waals surface area contributed by atoms with Crippen molar-refractivity contribution >= 4 is 5.69 Å². The summed E-state index contributed by atoms with van der Waals surface area (Å²) < 4.78 is 26.7. The van der Waals surface area contributed by atoms with Gasteiger partial charge in [0, 0.05) is 11.6 Å². The Bertz CT molecular complexity index is 807. The van der Waals surface area contributed by atoms with E-state index in [1.807, 2.05) is 26.0 Å². The third kappa shape index (κ3) is 3.16. The number of benzene rings is 3. The highest BCUT2D eigenvalue weighted by molar-refractivity contribution is 5.61. The Balaban J connectivity index is 2.22. The molecule has 2 N–H and O–H groups in total. The number of aryl methyl sites for hydroxylation is 2. The van der Waals surface area contributed by atoms with E-state index in [0.717, 1.165) is 27.8 Å². The second-order valence-corrected chi connectivity index (χ2v) is 6.12. The maximum absolute atomic E-state index is 13.3. The number of nitrogen functional groups attached to an aromatic ring is 1. The predicted molar refractivity (Wildman–Crippen MR) is 94.1 cm³/mol. The van der Waals surface area contributed by atoms with Crippen molar-refractivity contribution in [3.05, 3.63) is 100 Å². The van der Waals surface area contributed by atoms with Crippen LogP contribution in [0.1, 0.15) is 33.7 Å². The molecule has 0 atom stereocenters. The Labute approximate surface area is 140 Å².